The molecular weight excluding hydrogens is 781 g/mol. The molecule has 3 heterocycles. The number of phosphoric ester groups is 3. The predicted molar refractivity (Wildman–Crippen MR) is 187 cm³/mol. The molecule has 7 unspecified atom stereocenters. The van der Waals surface area contributed by atoms with E-state index < -0.39 is 78.5 Å². The van der Waals surface area contributed by atoms with Gasteiger partial charge in [0, 0.05) is 24.7 Å². The quantitative estimate of drug-likeness (QED) is 0.0776. The highest BCUT2D eigenvalue weighted by Crippen LogP contribution is 2.61. The number of aliphatic hydroxyl groups excluding tert-OH is 2. The largest absolute Gasteiger partial charge is 0.496 e. The summed E-state index contributed by atoms with van der Waals surface area (Å²) in [7, 11) is -16.3. The van der Waals surface area contributed by atoms with Crippen molar-refractivity contribution in [1.29, 1.82) is 0 Å². The monoisotopic (exact) mass is 830 g/mol. The van der Waals surface area contributed by atoms with Gasteiger partial charge < -0.3 is 39.3 Å². The van der Waals surface area contributed by atoms with E-state index in [1.54, 1.807) is 13.2 Å². The number of phosphoric acid groups is 3. The van der Waals surface area contributed by atoms with Crippen molar-refractivity contribution in [2.45, 2.75) is 117 Å². The van der Waals surface area contributed by atoms with Crippen LogP contribution in [0, 0.1) is 12.3 Å². The molecule has 21 nitrogen and oxygen atoms in total. The minimum absolute atomic E-state index is 0.0844. The highest BCUT2D eigenvalue weighted by Gasteiger charge is 2.50. The van der Waals surface area contributed by atoms with Crippen molar-refractivity contribution in [3.05, 3.63) is 30.2 Å². The molecule has 3 rings (SSSR count). The summed E-state index contributed by atoms with van der Waals surface area (Å²) >= 11 is 0. The van der Waals surface area contributed by atoms with Crippen LogP contribution in [-0.2, 0) is 50.6 Å². The summed E-state index contributed by atoms with van der Waals surface area (Å²) in [4.78, 5) is 76.4. The topological polar surface area (TPSA) is 306 Å². The zero-order valence-corrected chi connectivity index (χ0v) is 33.6. The van der Waals surface area contributed by atoms with Gasteiger partial charge >= 0.3 is 23.5 Å². The maximum Gasteiger partial charge on any atom is 0.481 e. The Morgan fingerprint density at radius 1 is 0.981 bits per heavy atom. The number of hydrogen-bond donors (Lipinski definition) is 6. The fourth-order valence-corrected chi connectivity index (χ4v) is 7.86. The molecule has 0 amide bonds. The third-order valence-corrected chi connectivity index (χ3v) is 11.0. The molecule has 0 spiro atoms. The molecule has 2 aromatic rings. The summed E-state index contributed by atoms with van der Waals surface area (Å²) in [5.41, 5.74) is -0.0524. The predicted octanol–water partition coefficient (Wildman–Crippen LogP) is 3.32. The highest BCUT2D eigenvalue weighted by molar-refractivity contribution is 7.61. The van der Waals surface area contributed by atoms with Gasteiger partial charge in [0.05, 0.1) is 37.1 Å². The standard InChI is InChI=1S/C30H49N4O17P3/c1-18(13-46-29(3,4)5)11-12-20(35)9-8-10-21(36)26(38)30(6,7)15-48-54(44,45)51-53(42,43)47-14-22-25(50-52(39,40)41)24(37)28(49-22)34-17-33-23-19(2)31-16-32-27(23)34/h13,16-17,22,24-26,28,37-38H,8-12,14-15H2,1-7H3,(H,42,43)(H,44,45)(H2,39,40,41)/b18-13+. The van der Waals surface area contributed by atoms with Crippen LogP contribution in [0.3, 0.4) is 0 Å². The smallest absolute Gasteiger partial charge is 0.481 e. The van der Waals surface area contributed by atoms with Crippen molar-refractivity contribution >= 4 is 46.2 Å². The van der Waals surface area contributed by atoms with Crippen LogP contribution in [-0.4, -0.2) is 104 Å². The van der Waals surface area contributed by atoms with Crippen molar-refractivity contribution in [2.75, 3.05) is 13.2 Å². The molecule has 0 aliphatic carbocycles. The zero-order valence-electron chi connectivity index (χ0n) is 30.9. The molecule has 54 heavy (non-hydrogen) atoms. The van der Waals surface area contributed by atoms with E-state index in [-0.39, 0.29) is 42.7 Å². The first-order valence-corrected chi connectivity index (χ1v) is 21.2. The number of ether oxygens (including phenoxy) is 2. The number of aryl methyl sites for hydroxylation is 1. The molecule has 306 valence electrons. The first-order valence-electron chi connectivity index (χ1n) is 16.6. The van der Waals surface area contributed by atoms with E-state index in [4.69, 9.17) is 18.5 Å². The second-order valence-corrected chi connectivity index (χ2v) is 18.7. The number of nitrogens with zero attached hydrogens (tertiary/aromatic N) is 4. The normalized spacial score (nSPS) is 22.9. The molecule has 1 fully saturated rings. The Balaban J connectivity index is 1.53. The summed E-state index contributed by atoms with van der Waals surface area (Å²) in [6.07, 6.45) is -3.76. The summed E-state index contributed by atoms with van der Waals surface area (Å²) in [6.45, 7) is 9.90. The maximum absolute atomic E-state index is 12.7. The number of carbonyl (C=O) groups excluding carboxylic acids is 2. The Morgan fingerprint density at radius 2 is 1.63 bits per heavy atom. The van der Waals surface area contributed by atoms with Crippen molar-refractivity contribution in [3.63, 3.8) is 0 Å². The third kappa shape index (κ3) is 14.0. The lowest BCUT2D eigenvalue weighted by Gasteiger charge is -2.30. The minimum atomic E-state index is -5.52. The number of carbonyl (C=O) groups is 2. The molecule has 0 aromatic carbocycles. The molecule has 1 saturated heterocycles. The van der Waals surface area contributed by atoms with Crippen molar-refractivity contribution in [2.24, 2.45) is 5.41 Å². The van der Waals surface area contributed by atoms with E-state index in [1.165, 1.54) is 31.1 Å². The van der Waals surface area contributed by atoms with Gasteiger partial charge in [0.1, 0.15) is 42.0 Å². The summed E-state index contributed by atoms with van der Waals surface area (Å²) < 4.78 is 68.0. The molecule has 0 saturated carbocycles. The average Bonchev–Trinajstić information content (AvgIpc) is 3.60. The number of rotatable bonds is 21. The Bertz CT molecular complexity index is 1810. The highest BCUT2D eigenvalue weighted by atomic mass is 31.3. The van der Waals surface area contributed by atoms with Crippen molar-refractivity contribution in [3.8, 4) is 0 Å². The lowest BCUT2D eigenvalue weighted by Crippen LogP contribution is -2.39. The molecule has 24 heteroatoms. The molecule has 7 atom stereocenters. The van der Waals surface area contributed by atoms with Crippen LogP contribution in [0.5, 0.6) is 0 Å². The fraction of sp³-hybridized carbons (Fsp3) is 0.700. The maximum atomic E-state index is 12.7. The van der Waals surface area contributed by atoms with Gasteiger partial charge in [0.25, 0.3) is 0 Å². The van der Waals surface area contributed by atoms with Crippen LogP contribution in [0.1, 0.15) is 85.6 Å². The minimum Gasteiger partial charge on any atom is -0.496 e. The van der Waals surface area contributed by atoms with Gasteiger partial charge in [-0.3, -0.25) is 27.7 Å². The zero-order chi connectivity index (χ0) is 40.9. The number of allylic oxidation sites excluding steroid dienone is 1. The number of aromatic nitrogens is 4. The van der Waals surface area contributed by atoms with Gasteiger partial charge in [-0.05, 0) is 53.0 Å². The molecule has 2 aromatic heterocycles. The number of aliphatic hydroxyl groups is 2. The van der Waals surface area contributed by atoms with Gasteiger partial charge in [0.2, 0.25) is 0 Å². The Hall–Kier alpha value is -2.32. The number of hydrogen-bond acceptors (Lipinski definition) is 16. The third-order valence-electron chi connectivity index (χ3n) is 7.93. The number of ketones is 2. The Kier molecular flexibility index (Phi) is 15.6. The Labute approximate surface area is 311 Å². The summed E-state index contributed by atoms with van der Waals surface area (Å²) in [5.74, 6) is -0.763. The molecular formula is C30H49N4O17P3. The van der Waals surface area contributed by atoms with Crippen LogP contribution in [0.2, 0.25) is 0 Å². The second-order valence-electron chi connectivity index (χ2n) is 14.4. The molecule has 6 N–H and O–H groups in total. The molecule has 0 radical (unpaired) electrons. The van der Waals surface area contributed by atoms with Crippen LogP contribution in [0.4, 0.5) is 0 Å². The van der Waals surface area contributed by atoms with E-state index in [0.717, 1.165) is 5.57 Å². The van der Waals surface area contributed by atoms with Gasteiger partial charge in [-0.2, -0.15) is 4.31 Å². The lowest BCUT2D eigenvalue weighted by molar-refractivity contribution is -0.134. The first kappa shape index (κ1) is 46.1. The molecule has 1 aliphatic heterocycles. The van der Waals surface area contributed by atoms with Crippen molar-refractivity contribution < 1.29 is 80.4 Å². The first-order chi connectivity index (χ1) is 24.7. The van der Waals surface area contributed by atoms with E-state index in [9.17, 15) is 53.1 Å². The van der Waals surface area contributed by atoms with Crippen LogP contribution in [0.15, 0.2) is 24.5 Å². The summed E-state index contributed by atoms with van der Waals surface area (Å²) in [6, 6.07) is 0. The van der Waals surface area contributed by atoms with Gasteiger partial charge in [0.15, 0.2) is 17.7 Å². The van der Waals surface area contributed by atoms with E-state index in [1.807, 2.05) is 27.7 Å². The van der Waals surface area contributed by atoms with Crippen molar-refractivity contribution in [1.82, 2.24) is 19.5 Å². The fourth-order valence-electron chi connectivity index (χ4n) is 5.03. The number of imidazole rings is 1. The van der Waals surface area contributed by atoms with Crippen LogP contribution in [0.25, 0.3) is 11.2 Å². The lowest BCUT2D eigenvalue weighted by atomic mass is 9.84. The van der Waals surface area contributed by atoms with Crippen LogP contribution >= 0.6 is 23.5 Å². The average molecular weight is 831 g/mol. The van der Waals surface area contributed by atoms with E-state index >= 15 is 0 Å². The Morgan fingerprint density at radius 3 is 2.26 bits per heavy atom. The second kappa shape index (κ2) is 18.3. The van der Waals surface area contributed by atoms with Gasteiger partial charge in [-0.25, -0.2) is 28.6 Å². The van der Waals surface area contributed by atoms with E-state index in [2.05, 4.69) is 23.8 Å². The van der Waals surface area contributed by atoms with Gasteiger partial charge in [-0.15, -0.1) is 0 Å². The number of Topliss-reactive ketones (excluding diaryl/α,β-unsaturated/α-hetero) is 2. The molecule has 1 aliphatic rings. The SMILES string of the molecule is C/C(=C\OC(C)(C)C)CCC(=O)CCCC(=O)C(O)C(C)(C)COP(=O)(O)OP(=O)(O)OCC1OC(n2cnc3c(C)ncnc32)C(O)C1OP(=O)(O)O. The van der Waals surface area contributed by atoms with Gasteiger partial charge in [-0.1, -0.05) is 13.8 Å². The van der Waals surface area contributed by atoms with Crippen LogP contribution < -0.4 is 0 Å². The molecule has 0 bridgehead atoms. The number of fused-ring (bicyclic) bond motifs is 1. The summed E-state index contributed by atoms with van der Waals surface area (Å²) in [5, 5.41) is 21.5. The van der Waals surface area contributed by atoms with E-state index in [0.29, 0.717) is 17.6 Å².